The van der Waals surface area contributed by atoms with Crippen LogP contribution in [-0.2, 0) is 9.59 Å². The van der Waals surface area contributed by atoms with Gasteiger partial charge in [0, 0.05) is 11.8 Å². The Morgan fingerprint density at radius 3 is 1.79 bits per heavy atom. The number of carbonyl (C=O) groups is 2. The Hall–Kier alpha value is -0.740. The number of hydrogen-bond donors (Lipinski definition) is 2. The van der Waals surface area contributed by atoms with Crippen LogP contribution in [0.25, 0.3) is 0 Å². The van der Waals surface area contributed by atoms with Crippen LogP contribution in [0.3, 0.4) is 0 Å². The predicted octanol–water partition coefficient (Wildman–Crippen LogP) is -0.647. The van der Waals surface area contributed by atoms with Crippen molar-refractivity contribution >= 4 is 11.6 Å². The Morgan fingerprint density at radius 1 is 1.00 bits per heavy atom. The molecule has 0 spiro atoms. The molecule has 14 heavy (non-hydrogen) atoms. The van der Waals surface area contributed by atoms with Crippen LogP contribution in [0.5, 0.6) is 0 Å². The zero-order valence-electron chi connectivity index (χ0n) is 7.95. The molecule has 0 amide bonds. The minimum Gasteiger partial charge on any atom is -0.319 e. The van der Waals surface area contributed by atoms with E-state index in [1.165, 1.54) is 0 Å². The van der Waals surface area contributed by atoms with Crippen LogP contribution in [0.4, 0.5) is 0 Å². The summed E-state index contributed by atoms with van der Waals surface area (Å²) in [4.78, 5) is 23.7. The van der Waals surface area contributed by atoms with Crippen molar-refractivity contribution in [3.8, 4) is 0 Å². The Labute approximate surface area is 82.0 Å². The van der Waals surface area contributed by atoms with Crippen molar-refractivity contribution in [2.24, 2.45) is 23.3 Å². The molecule has 4 atom stereocenters. The standard InChI is InChI=1S/C10H14N2O2/c11-9-2-5-1-6(8(9)14)3-10(12,4-9)7(5)13/h5-6H,1-4,11-12H2/t5-,6+,9-,10+. The van der Waals surface area contributed by atoms with Crippen LogP contribution in [0.1, 0.15) is 25.7 Å². The Balaban J connectivity index is 2.11. The topological polar surface area (TPSA) is 86.2 Å². The molecule has 0 aliphatic heterocycles. The summed E-state index contributed by atoms with van der Waals surface area (Å²) in [6.45, 7) is 0. The number of hydrogen-bond acceptors (Lipinski definition) is 4. The van der Waals surface area contributed by atoms with E-state index in [2.05, 4.69) is 0 Å². The van der Waals surface area contributed by atoms with Crippen LogP contribution >= 0.6 is 0 Å². The molecule has 4 N–H and O–H groups in total. The molecule has 0 heterocycles. The molecule has 76 valence electrons. The maximum absolute atomic E-state index is 11.9. The van der Waals surface area contributed by atoms with E-state index in [9.17, 15) is 9.59 Å². The molecule has 0 aromatic heterocycles. The molecule has 0 unspecified atom stereocenters. The van der Waals surface area contributed by atoms with Gasteiger partial charge in [-0.15, -0.1) is 0 Å². The van der Waals surface area contributed by atoms with Crippen molar-refractivity contribution in [2.45, 2.75) is 36.8 Å². The van der Waals surface area contributed by atoms with Crippen LogP contribution in [0.15, 0.2) is 0 Å². The van der Waals surface area contributed by atoms with E-state index in [1.807, 2.05) is 0 Å². The highest BCUT2D eigenvalue weighted by molar-refractivity contribution is 6.03. The molecule has 4 bridgehead atoms. The smallest absolute Gasteiger partial charge is 0.155 e. The van der Waals surface area contributed by atoms with Crippen molar-refractivity contribution in [1.82, 2.24) is 0 Å². The third-order valence-electron chi connectivity index (χ3n) is 4.14. The second-order valence-electron chi connectivity index (χ2n) is 5.26. The van der Waals surface area contributed by atoms with E-state index in [1.54, 1.807) is 0 Å². The van der Waals surface area contributed by atoms with Gasteiger partial charge in [0.1, 0.15) is 0 Å². The third kappa shape index (κ3) is 0.769. The first-order chi connectivity index (χ1) is 6.45. The highest BCUT2D eigenvalue weighted by Crippen LogP contribution is 2.51. The number of Topliss-reactive ketones (excluding diaryl/α,β-unsaturated/α-hetero) is 2. The molecule has 0 aromatic carbocycles. The molecule has 4 aliphatic rings. The van der Waals surface area contributed by atoms with Crippen LogP contribution in [-0.4, -0.2) is 22.6 Å². The lowest BCUT2D eigenvalue weighted by Gasteiger charge is -2.56. The minimum atomic E-state index is -0.783. The summed E-state index contributed by atoms with van der Waals surface area (Å²) < 4.78 is 0. The Kier molecular flexibility index (Phi) is 1.28. The maximum atomic E-state index is 11.9. The molecule has 0 radical (unpaired) electrons. The molecule has 0 saturated heterocycles. The average molecular weight is 194 g/mol. The molecule has 0 aromatic rings. The summed E-state index contributed by atoms with van der Waals surface area (Å²) in [5, 5.41) is 0. The summed E-state index contributed by atoms with van der Waals surface area (Å²) >= 11 is 0. The van der Waals surface area contributed by atoms with Crippen molar-refractivity contribution in [3.05, 3.63) is 0 Å². The highest BCUT2D eigenvalue weighted by Gasteiger charge is 2.64. The normalized spacial score (nSPS) is 55.6. The fourth-order valence-electron chi connectivity index (χ4n) is 3.68. The molecule has 4 aliphatic carbocycles. The van der Waals surface area contributed by atoms with Gasteiger partial charge in [0.25, 0.3) is 0 Å². The lowest BCUT2D eigenvalue weighted by Crippen LogP contribution is -2.74. The summed E-state index contributed by atoms with van der Waals surface area (Å²) in [6.07, 6.45) is 2.11. The number of rotatable bonds is 0. The molecule has 4 saturated carbocycles. The molecular formula is C10H14N2O2. The van der Waals surface area contributed by atoms with Gasteiger partial charge in [-0.3, -0.25) is 9.59 Å². The van der Waals surface area contributed by atoms with Gasteiger partial charge in [0.15, 0.2) is 11.6 Å². The summed E-state index contributed by atoms with van der Waals surface area (Å²) in [5.41, 5.74) is 10.5. The monoisotopic (exact) mass is 194 g/mol. The van der Waals surface area contributed by atoms with Gasteiger partial charge in [-0.05, 0) is 25.7 Å². The van der Waals surface area contributed by atoms with Gasteiger partial charge in [-0.2, -0.15) is 0 Å². The molecule has 4 heteroatoms. The quantitative estimate of drug-likeness (QED) is 0.536. The van der Waals surface area contributed by atoms with Gasteiger partial charge < -0.3 is 11.5 Å². The number of carbonyl (C=O) groups excluding carboxylic acids is 2. The number of nitrogens with two attached hydrogens (primary N) is 2. The first kappa shape index (κ1) is 8.56. The van der Waals surface area contributed by atoms with Gasteiger partial charge in [-0.1, -0.05) is 0 Å². The Morgan fingerprint density at radius 2 is 1.43 bits per heavy atom. The zero-order valence-corrected chi connectivity index (χ0v) is 7.95. The minimum absolute atomic E-state index is 0.0461. The molecule has 4 rings (SSSR count). The van der Waals surface area contributed by atoms with Crippen LogP contribution < -0.4 is 11.5 Å². The fraction of sp³-hybridized carbons (Fsp3) is 0.800. The second-order valence-corrected chi connectivity index (χ2v) is 5.26. The fourth-order valence-corrected chi connectivity index (χ4v) is 3.68. The summed E-state index contributed by atoms with van der Waals surface area (Å²) in [6, 6.07) is 0. The van der Waals surface area contributed by atoms with Crippen LogP contribution in [0.2, 0.25) is 0 Å². The van der Waals surface area contributed by atoms with Gasteiger partial charge in [0.2, 0.25) is 0 Å². The molecule has 4 fully saturated rings. The predicted molar refractivity (Wildman–Crippen MR) is 49.3 cm³/mol. The second kappa shape index (κ2) is 2.09. The van der Waals surface area contributed by atoms with Crippen molar-refractivity contribution in [3.63, 3.8) is 0 Å². The van der Waals surface area contributed by atoms with Gasteiger partial charge in [0.05, 0.1) is 11.1 Å². The van der Waals surface area contributed by atoms with Gasteiger partial charge >= 0.3 is 0 Å². The largest absolute Gasteiger partial charge is 0.319 e. The zero-order chi connectivity index (χ0) is 10.1. The maximum Gasteiger partial charge on any atom is 0.155 e. The molecular weight excluding hydrogens is 180 g/mol. The number of ketones is 2. The summed E-state index contributed by atoms with van der Waals surface area (Å²) in [7, 11) is 0. The SMILES string of the molecule is N[C@]12C[C@H]3C[C@@H](C[C@](N)(C1)C3=O)C2=O. The first-order valence-electron chi connectivity index (χ1n) is 5.11. The molecule has 4 nitrogen and oxygen atoms in total. The Bertz CT molecular complexity index is 322. The van der Waals surface area contributed by atoms with Gasteiger partial charge in [-0.25, -0.2) is 0 Å². The first-order valence-corrected chi connectivity index (χ1v) is 5.11. The van der Waals surface area contributed by atoms with Crippen molar-refractivity contribution in [2.75, 3.05) is 0 Å². The lowest BCUT2D eigenvalue weighted by molar-refractivity contribution is -0.155. The van der Waals surface area contributed by atoms with Crippen molar-refractivity contribution < 1.29 is 9.59 Å². The van der Waals surface area contributed by atoms with E-state index in [0.29, 0.717) is 25.7 Å². The van der Waals surface area contributed by atoms with E-state index in [0.717, 1.165) is 0 Å². The third-order valence-corrected chi connectivity index (χ3v) is 4.14. The van der Waals surface area contributed by atoms with E-state index < -0.39 is 11.1 Å². The highest BCUT2D eigenvalue weighted by atomic mass is 16.1. The van der Waals surface area contributed by atoms with Crippen molar-refractivity contribution in [1.29, 1.82) is 0 Å². The summed E-state index contributed by atoms with van der Waals surface area (Å²) in [5.74, 6) is 0.190. The van der Waals surface area contributed by atoms with E-state index >= 15 is 0 Å². The lowest BCUT2D eigenvalue weighted by atomic mass is 9.49. The van der Waals surface area contributed by atoms with E-state index in [-0.39, 0.29) is 23.4 Å². The van der Waals surface area contributed by atoms with Crippen LogP contribution in [0, 0.1) is 11.8 Å². The van der Waals surface area contributed by atoms with E-state index in [4.69, 9.17) is 11.5 Å². The average Bonchev–Trinajstić information content (AvgIpc) is 2.06.